The normalized spacial score (nSPS) is 13.2. The summed E-state index contributed by atoms with van der Waals surface area (Å²) in [6, 6.07) is 0. The molecule has 110 valence electrons. The van der Waals surface area contributed by atoms with Crippen molar-refractivity contribution in [2.75, 3.05) is 13.1 Å². The fraction of sp³-hybridized carbons (Fsp3) is 1.00. The number of nitrogens with one attached hydrogen (secondary N) is 1. The molecule has 0 aromatic heterocycles. The fourth-order valence-corrected chi connectivity index (χ4v) is 2.50. The minimum absolute atomic E-state index is 0.828. The van der Waals surface area contributed by atoms with Crippen molar-refractivity contribution in [3.05, 3.63) is 0 Å². The van der Waals surface area contributed by atoms with Crippen molar-refractivity contribution in [3.63, 3.8) is 0 Å². The molecule has 0 spiro atoms. The molecule has 0 saturated heterocycles. The molecule has 0 heterocycles. The van der Waals surface area contributed by atoms with Crippen LogP contribution in [0.2, 0.25) is 0 Å². The Balaban J connectivity index is 3.46. The van der Waals surface area contributed by atoms with E-state index in [2.05, 4.69) is 33.0 Å². The van der Waals surface area contributed by atoms with Crippen molar-refractivity contribution in [2.45, 2.75) is 85.5 Å². The van der Waals surface area contributed by atoms with Crippen molar-refractivity contribution in [3.8, 4) is 0 Å². The summed E-state index contributed by atoms with van der Waals surface area (Å²) < 4.78 is 0. The molecule has 0 aliphatic carbocycles. The summed E-state index contributed by atoms with van der Waals surface area (Å²) in [4.78, 5) is 0. The first-order chi connectivity index (χ1) is 8.72. The van der Waals surface area contributed by atoms with E-state index >= 15 is 0 Å². The minimum atomic E-state index is 0.828. The average molecular weight is 255 g/mol. The third kappa shape index (κ3) is 11.1. The first-order valence-electron chi connectivity index (χ1n) is 8.43. The predicted molar refractivity (Wildman–Crippen MR) is 84.1 cm³/mol. The van der Waals surface area contributed by atoms with Crippen LogP contribution >= 0.6 is 0 Å². The van der Waals surface area contributed by atoms with Crippen LogP contribution in [0.15, 0.2) is 0 Å². The Bertz CT molecular complexity index is 154. The molecule has 0 saturated carbocycles. The molecule has 0 fully saturated rings. The Morgan fingerprint density at radius 2 is 1.39 bits per heavy atom. The lowest BCUT2D eigenvalue weighted by Gasteiger charge is -2.21. The highest BCUT2D eigenvalue weighted by Crippen LogP contribution is 2.19. The molecular weight excluding hydrogens is 218 g/mol. The maximum Gasteiger partial charge on any atom is -0.00181 e. The van der Waals surface area contributed by atoms with Crippen LogP contribution < -0.4 is 5.32 Å². The van der Waals surface area contributed by atoms with Crippen LogP contribution in [-0.4, -0.2) is 13.1 Å². The third-order valence-electron chi connectivity index (χ3n) is 3.95. The summed E-state index contributed by atoms with van der Waals surface area (Å²) >= 11 is 0. The van der Waals surface area contributed by atoms with Crippen LogP contribution in [0.1, 0.15) is 85.5 Å². The number of hydrogen-bond acceptors (Lipinski definition) is 1. The van der Waals surface area contributed by atoms with Crippen LogP contribution in [0.3, 0.4) is 0 Å². The topological polar surface area (TPSA) is 12.0 Å². The largest absolute Gasteiger partial charge is 0.316 e. The molecular formula is C17H37N. The molecule has 0 aromatic carbocycles. The van der Waals surface area contributed by atoms with E-state index < -0.39 is 0 Å². The van der Waals surface area contributed by atoms with Crippen molar-refractivity contribution in [1.29, 1.82) is 0 Å². The minimum Gasteiger partial charge on any atom is -0.316 e. The monoisotopic (exact) mass is 255 g/mol. The smallest absolute Gasteiger partial charge is 0.00181 e. The maximum atomic E-state index is 3.59. The van der Waals surface area contributed by atoms with Gasteiger partial charge in [0, 0.05) is 0 Å². The molecule has 18 heavy (non-hydrogen) atoms. The summed E-state index contributed by atoms with van der Waals surface area (Å²) in [6.45, 7) is 11.7. The van der Waals surface area contributed by atoms with Crippen molar-refractivity contribution >= 4 is 0 Å². The molecule has 0 amide bonds. The van der Waals surface area contributed by atoms with Crippen molar-refractivity contribution in [1.82, 2.24) is 5.32 Å². The molecule has 0 radical (unpaired) electrons. The molecule has 0 rings (SSSR count). The van der Waals surface area contributed by atoms with E-state index in [1.165, 1.54) is 70.9 Å². The lowest BCUT2D eigenvalue weighted by atomic mass is 9.90. The quantitative estimate of drug-likeness (QED) is 0.435. The Kier molecular flexibility index (Phi) is 13.4. The first-order valence-corrected chi connectivity index (χ1v) is 8.43. The molecule has 0 aromatic rings. The zero-order valence-electron chi connectivity index (χ0n) is 13.4. The van der Waals surface area contributed by atoms with E-state index in [1.807, 2.05) is 0 Å². The number of hydrogen-bond donors (Lipinski definition) is 1. The van der Waals surface area contributed by atoms with Crippen LogP contribution in [0, 0.1) is 11.8 Å². The van der Waals surface area contributed by atoms with Gasteiger partial charge in [-0.25, -0.2) is 0 Å². The Hall–Kier alpha value is -0.0400. The SMILES string of the molecule is CCCCCCCCCC(CNCCC)C(C)C. The van der Waals surface area contributed by atoms with E-state index in [0.29, 0.717) is 0 Å². The molecule has 1 heteroatoms. The van der Waals surface area contributed by atoms with Crippen LogP contribution in [0.4, 0.5) is 0 Å². The molecule has 1 atom stereocenters. The summed E-state index contributed by atoms with van der Waals surface area (Å²) in [5, 5.41) is 3.59. The molecule has 0 aliphatic rings. The van der Waals surface area contributed by atoms with Gasteiger partial charge < -0.3 is 5.32 Å². The summed E-state index contributed by atoms with van der Waals surface area (Å²) in [5.41, 5.74) is 0. The van der Waals surface area contributed by atoms with Gasteiger partial charge in [-0.2, -0.15) is 0 Å². The number of unbranched alkanes of at least 4 members (excludes halogenated alkanes) is 6. The van der Waals surface area contributed by atoms with Gasteiger partial charge in [0.05, 0.1) is 0 Å². The van der Waals surface area contributed by atoms with Gasteiger partial charge in [0.2, 0.25) is 0 Å². The van der Waals surface area contributed by atoms with Gasteiger partial charge in [0.15, 0.2) is 0 Å². The molecule has 1 N–H and O–H groups in total. The predicted octanol–water partition coefficient (Wildman–Crippen LogP) is 5.40. The van der Waals surface area contributed by atoms with Crippen molar-refractivity contribution < 1.29 is 0 Å². The lowest BCUT2D eigenvalue weighted by Crippen LogP contribution is -2.26. The van der Waals surface area contributed by atoms with Crippen LogP contribution in [-0.2, 0) is 0 Å². The van der Waals surface area contributed by atoms with E-state index in [-0.39, 0.29) is 0 Å². The summed E-state index contributed by atoms with van der Waals surface area (Å²) in [5.74, 6) is 1.71. The lowest BCUT2D eigenvalue weighted by molar-refractivity contribution is 0.329. The number of rotatable bonds is 13. The molecule has 0 bridgehead atoms. The van der Waals surface area contributed by atoms with Gasteiger partial charge in [-0.1, -0.05) is 72.6 Å². The van der Waals surface area contributed by atoms with Gasteiger partial charge in [0.1, 0.15) is 0 Å². The maximum absolute atomic E-state index is 3.59. The van der Waals surface area contributed by atoms with Gasteiger partial charge in [0.25, 0.3) is 0 Å². The second-order valence-electron chi connectivity index (χ2n) is 6.12. The van der Waals surface area contributed by atoms with Gasteiger partial charge in [-0.3, -0.25) is 0 Å². The van der Waals surface area contributed by atoms with Gasteiger partial charge in [-0.05, 0) is 37.8 Å². The summed E-state index contributed by atoms with van der Waals surface area (Å²) in [6.07, 6.45) is 12.7. The summed E-state index contributed by atoms with van der Waals surface area (Å²) in [7, 11) is 0. The van der Waals surface area contributed by atoms with E-state index in [4.69, 9.17) is 0 Å². The second kappa shape index (κ2) is 13.4. The van der Waals surface area contributed by atoms with Gasteiger partial charge in [-0.15, -0.1) is 0 Å². The van der Waals surface area contributed by atoms with Gasteiger partial charge >= 0.3 is 0 Å². The van der Waals surface area contributed by atoms with E-state index in [9.17, 15) is 0 Å². The van der Waals surface area contributed by atoms with Crippen LogP contribution in [0.5, 0.6) is 0 Å². The van der Waals surface area contributed by atoms with E-state index in [0.717, 1.165) is 11.8 Å². The molecule has 1 unspecified atom stereocenters. The Morgan fingerprint density at radius 1 is 0.778 bits per heavy atom. The third-order valence-corrected chi connectivity index (χ3v) is 3.95. The first kappa shape index (κ1) is 18.0. The fourth-order valence-electron chi connectivity index (χ4n) is 2.50. The Labute approximate surface area is 116 Å². The van der Waals surface area contributed by atoms with Crippen molar-refractivity contribution in [2.24, 2.45) is 11.8 Å². The molecule has 0 aliphatic heterocycles. The second-order valence-corrected chi connectivity index (χ2v) is 6.12. The van der Waals surface area contributed by atoms with Crippen LogP contribution in [0.25, 0.3) is 0 Å². The zero-order valence-corrected chi connectivity index (χ0v) is 13.4. The Morgan fingerprint density at radius 3 is 1.94 bits per heavy atom. The zero-order chi connectivity index (χ0) is 13.6. The average Bonchev–Trinajstić information content (AvgIpc) is 2.35. The highest BCUT2D eigenvalue weighted by atomic mass is 14.9. The highest BCUT2D eigenvalue weighted by Gasteiger charge is 2.12. The standard InChI is InChI=1S/C17H37N/c1-5-7-8-9-10-11-12-13-17(16(3)4)15-18-14-6-2/h16-18H,5-15H2,1-4H3. The highest BCUT2D eigenvalue weighted by molar-refractivity contribution is 4.66. The van der Waals surface area contributed by atoms with E-state index in [1.54, 1.807) is 0 Å². The molecule has 1 nitrogen and oxygen atoms in total.